The molecule has 1 saturated heterocycles. The lowest BCUT2D eigenvalue weighted by atomic mass is 10.1. The van der Waals surface area contributed by atoms with Crippen LogP contribution in [0.2, 0.25) is 0 Å². The summed E-state index contributed by atoms with van der Waals surface area (Å²) in [6.45, 7) is 0.722. The number of rotatable bonds is 4. The fourth-order valence-corrected chi connectivity index (χ4v) is 2.74. The number of aryl methyl sites for hydroxylation is 1. The summed E-state index contributed by atoms with van der Waals surface area (Å²) in [7, 11) is 0. The highest BCUT2D eigenvalue weighted by atomic mass is 32.1. The molecule has 0 aromatic carbocycles. The fraction of sp³-hybridized carbons (Fsp3) is 0.538. The third kappa shape index (κ3) is 3.84. The van der Waals surface area contributed by atoms with E-state index in [0.29, 0.717) is 6.42 Å². The average Bonchev–Trinajstić information content (AvgIpc) is 2.80. The molecule has 4 nitrogen and oxygen atoms in total. The Labute approximate surface area is 111 Å². The maximum Gasteiger partial charge on any atom is 0.242 e. The van der Waals surface area contributed by atoms with Crippen LogP contribution >= 0.6 is 11.3 Å². The molecule has 2 N–H and O–H groups in total. The molecule has 2 amide bonds. The van der Waals surface area contributed by atoms with E-state index in [-0.39, 0.29) is 17.9 Å². The van der Waals surface area contributed by atoms with Gasteiger partial charge in [-0.3, -0.25) is 9.59 Å². The van der Waals surface area contributed by atoms with E-state index in [1.54, 1.807) is 11.3 Å². The molecule has 1 aromatic heterocycles. The largest absolute Gasteiger partial charge is 0.354 e. The van der Waals surface area contributed by atoms with Gasteiger partial charge in [-0.25, -0.2) is 0 Å². The molecule has 0 radical (unpaired) electrons. The van der Waals surface area contributed by atoms with Crippen LogP contribution in [-0.2, 0) is 16.0 Å². The fourth-order valence-electron chi connectivity index (χ4n) is 2.04. The van der Waals surface area contributed by atoms with E-state index in [9.17, 15) is 9.59 Å². The van der Waals surface area contributed by atoms with Crippen LogP contribution in [0.1, 0.15) is 31.2 Å². The van der Waals surface area contributed by atoms with Gasteiger partial charge in [-0.1, -0.05) is 0 Å². The molecule has 0 aliphatic carbocycles. The summed E-state index contributed by atoms with van der Waals surface area (Å²) in [5.74, 6) is -0.0837. The van der Waals surface area contributed by atoms with Crippen LogP contribution < -0.4 is 10.6 Å². The maximum absolute atomic E-state index is 11.8. The van der Waals surface area contributed by atoms with Gasteiger partial charge >= 0.3 is 0 Å². The second kappa shape index (κ2) is 6.54. The maximum atomic E-state index is 11.8. The lowest BCUT2D eigenvalue weighted by Crippen LogP contribution is -2.45. The standard InChI is InChI=1S/C13H18N2O2S/c16-12(5-4-10-6-8-18-9-10)15-11-3-1-2-7-14-13(11)17/h6,8-9,11H,1-5,7H2,(H,14,17)(H,15,16). The number of amides is 2. The van der Waals surface area contributed by atoms with Crippen molar-refractivity contribution in [3.05, 3.63) is 22.4 Å². The van der Waals surface area contributed by atoms with Gasteiger partial charge in [-0.2, -0.15) is 11.3 Å². The first kappa shape index (κ1) is 13.1. The minimum Gasteiger partial charge on any atom is -0.354 e. The zero-order chi connectivity index (χ0) is 12.8. The number of carbonyl (C=O) groups excluding carboxylic acids is 2. The molecule has 2 rings (SSSR count). The van der Waals surface area contributed by atoms with Crippen molar-refractivity contribution in [3.63, 3.8) is 0 Å². The van der Waals surface area contributed by atoms with Gasteiger partial charge in [0.2, 0.25) is 11.8 Å². The van der Waals surface area contributed by atoms with Crippen LogP contribution in [0.25, 0.3) is 0 Å². The Bertz CT molecular complexity index is 403. The second-order valence-electron chi connectivity index (χ2n) is 4.54. The predicted molar refractivity (Wildman–Crippen MR) is 71.4 cm³/mol. The van der Waals surface area contributed by atoms with Crippen molar-refractivity contribution in [1.82, 2.24) is 10.6 Å². The van der Waals surface area contributed by atoms with Crippen molar-refractivity contribution < 1.29 is 9.59 Å². The Morgan fingerprint density at radius 1 is 1.50 bits per heavy atom. The molecule has 1 fully saturated rings. The Balaban J connectivity index is 1.77. The van der Waals surface area contributed by atoms with E-state index in [1.807, 2.05) is 16.8 Å². The molecule has 0 saturated carbocycles. The lowest BCUT2D eigenvalue weighted by Gasteiger charge is -2.14. The lowest BCUT2D eigenvalue weighted by molar-refractivity contribution is -0.128. The molecule has 1 atom stereocenters. The van der Waals surface area contributed by atoms with Gasteiger partial charge in [0.25, 0.3) is 0 Å². The normalized spacial score (nSPS) is 20.0. The highest BCUT2D eigenvalue weighted by Crippen LogP contribution is 2.09. The first-order valence-corrected chi connectivity index (χ1v) is 7.28. The second-order valence-corrected chi connectivity index (χ2v) is 5.32. The summed E-state index contributed by atoms with van der Waals surface area (Å²) in [6.07, 6.45) is 3.90. The molecule has 0 spiro atoms. The SMILES string of the molecule is O=C(CCc1ccsc1)NC1CCCCNC1=O. The number of carbonyl (C=O) groups is 2. The van der Waals surface area contributed by atoms with Crippen LogP contribution in [-0.4, -0.2) is 24.4 Å². The van der Waals surface area contributed by atoms with Gasteiger partial charge in [0.1, 0.15) is 6.04 Å². The van der Waals surface area contributed by atoms with Crippen molar-refractivity contribution in [3.8, 4) is 0 Å². The highest BCUT2D eigenvalue weighted by molar-refractivity contribution is 7.07. The smallest absolute Gasteiger partial charge is 0.242 e. The minimum absolute atomic E-state index is 0.0387. The third-order valence-corrected chi connectivity index (χ3v) is 3.82. The van der Waals surface area contributed by atoms with Crippen LogP contribution in [0.3, 0.4) is 0 Å². The van der Waals surface area contributed by atoms with E-state index in [2.05, 4.69) is 10.6 Å². The molecule has 1 aromatic rings. The Morgan fingerprint density at radius 2 is 2.39 bits per heavy atom. The Hall–Kier alpha value is -1.36. The monoisotopic (exact) mass is 266 g/mol. The summed E-state index contributed by atoms with van der Waals surface area (Å²) in [5, 5.41) is 9.69. The zero-order valence-corrected chi connectivity index (χ0v) is 11.1. The van der Waals surface area contributed by atoms with E-state index in [0.717, 1.165) is 32.2 Å². The van der Waals surface area contributed by atoms with Crippen molar-refractivity contribution in [2.45, 2.75) is 38.1 Å². The van der Waals surface area contributed by atoms with E-state index >= 15 is 0 Å². The Kier molecular flexibility index (Phi) is 4.75. The quantitative estimate of drug-likeness (QED) is 0.867. The summed E-state index contributed by atoms with van der Waals surface area (Å²) in [6, 6.07) is 1.68. The number of hydrogen-bond donors (Lipinski definition) is 2. The van der Waals surface area contributed by atoms with E-state index in [1.165, 1.54) is 5.56 Å². The highest BCUT2D eigenvalue weighted by Gasteiger charge is 2.21. The molecule has 1 unspecified atom stereocenters. The van der Waals surface area contributed by atoms with Crippen molar-refractivity contribution >= 4 is 23.2 Å². The summed E-state index contributed by atoms with van der Waals surface area (Å²) >= 11 is 1.63. The van der Waals surface area contributed by atoms with Gasteiger partial charge in [0.05, 0.1) is 0 Å². The predicted octanol–water partition coefficient (Wildman–Crippen LogP) is 1.47. The van der Waals surface area contributed by atoms with E-state index < -0.39 is 0 Å². The van der Waals surface area contributed by atoms with E-state index in [4.69, 9.17) is 0 Å². The van der Waals surface area contributed by atoms with Crippen molar-refractivity contribution in [2.75, 3.05) is 6.54 Å². The van der Waals surface area contributed by atoms with Gasteiger partial charge < -0.3 is 10.6 Å². The molecule has 98 valence electrons. The molecular formula is C13H18N2O2S. The number of hydrogen-bond acceptors (Lipinski definition) is 3. The van der Waals surface area contributed by atoms with Crippen molar-refractivity contribution in [2.24, 2.45) is 0 Å². The molecule has 1 aliphatic rings. The third-order valence-electron chi connectivity index (χ3n) is 3.09. The summed E-state index contributed by atoms with van der Waals surface area (Å²) in [5.41, 5.74) is 1.18. The topological polar surface area (TPSA) is 58.2 Å². The first-order chi connectivity index (χ1) is 8.75. The van der Waals surface area contributed by atoms with Crippen LogP contribution in [0.4, 0.5) is 0 Å². The molecule has 2 heterocycles. The summed E-state index contributed by atoms with van der Waals surface area (Å²) < 4.78 is 0. The molecule has 1 aliphatic heterocycles. The zero-order valence-electron chi connectivity index (χ0n) is 10.3. The molecule has 18 heavy (non-hydrogen) atoms. The molecule has 0 bridgehead atoms. The van der Waals surface area contributed by atoms with Crippen LogP contribution in [0.15, 0.2) is 16.8 Å². The average molecular weight is 266 g/mol. The number of thiophene rings is 1. The van der Waals surface area contributed by atoms with Crippen LogP contribution in [0, 0.1) is 0 Å². The van der Waals surface area contributed by atoms with Gasteiger partial charge in [0, 0.05) is 13.0 Å². The number of nitrogens with one attached hydrogen (secondary N) is 2. The molecular weight excluding hydrogens is 248 g/mol. The minimum atomic E-state index is -0.345. The molecule has 5 heteroatoms. The van der Waals surface area contributed by atoms with Gasteiger partial charge in [-0.15, -0.1) is 0 Å². The Morgan fingerprint density at radius 3 is 3.17 bits per heavy atom. The van der Waals surface area contributed by atoms with Crippen molar-refractivity contribution in [1.29, 1.82) is 0 Å². The van der Waals surface area contributed by atoms with Gasteiger partial charge in [-0.05, 0) is 48.1 Å². The van der Waals surface area contributed by atoms with Crippen LogP contribution in [0.5, 0.6) is 0 Å². The van der Waals surface area contributed by atoms with Gasteiger partial charge in [0.15, 0.2) is 0 Å². The first-order valence-electron chi connectivity index (χ1n) is 6.34. The summed E-state index contributed by atoms with van der Waals surface area (Å²) in [4.78, 5) is 23.4.